The maximum atomic E-state index is 4.72. The molecule has 0 saturated heterocycles. The van der Waals surface area contributed by atoms with Gasteiger partial charge in [0.25, 0.3) is 0 Å². The van der Waals surface area contributed by atoms with Gasteiger partial charge >= 0.3 is 0 Å². The summed E-state index contributed by atoms with van der Waals surface area (Å²) < 4.78 is 0. The Morgan fingerprint density at radius 3 is 2.95 bits per heavy atom. The smallest absolute Gasteiger partial charge is 0.183 e. The number of fused-ring (bicyclic) bond motifs is 1. The number of thiazole rings is 1. The molecule has 0 radical (unpaired) electrons. The van der Waals surface area contributed by atoms with Crippen molar-refractivity contribution in [3.63, 3.8) is 0 Å². The predicted molar refractivity (Wildman–Crippen MR) is 90.0 cm³/mol. The Balaban J connectivity index is 1.55. The largest absolute Gasteiger partial charge is 0.362 e. The van der Waals surface area contributed by atoms with Crippen LogP contribution >= 0.6 is 11.3 Å². The molecule has 0 fully saturated rings. The van der Waals surface area contributed by atoms with Crippen LogP contribution in [0.2, 0.25) is 0 Å². The molecule has 0 spiro atoms. The molecule has 2 heterocycles. The average molecular weight is 301 g/mol. The zero-order chi connectivity index (χ0) is 14.5. The number of nitrogens with zero attached hydrogens (tertiary/aromatic N) is 2. The first-order chi connectivity index (χ1) is 10.3. The van der Waals surface area contributed by atoms with Crippen LogP contribution in [0.15, 0.2) is 30.3 Å². The van der Waals surface area contributed by atoms with Gasteiger partial charge in [-0.3, -0.25) is 4.90 Å². The number of nitrogens with one attached hydrogen (secondary N) is 1. The van der Waals surface area contributed by atoms with Crippen LogP contribution in [0.1, 0.15) is 29.5 Å². The molecule has 0 atom stereocenters. The first-order valence-corrected chi connectivity index (χ1v) is 8.65. The van der Waals surface area contributed by atoms with Gasteiger partial charge in [0.1, 0.15) is 0 Å². The van der Waals surface area contributed by atoms with Crippen molar-refractivity contribution in [2.75, 3.05) is 25.0 Å². The van der Waals surface area contributed by atoms with Crippen molar-refractivity contribution >= 4 is 16.5 Å². The van der Waals surface area contributed by atoms with E-state index in [0.29, 0.717) is 0 Å². The third kappa shape index (κ3) is 3.83. The first kappa shape index (κ1) is 14.5. The molecule has 0 saturated carbocycles. The highest BCUT2D eigenvalue weighted by Crippen LogP contribution is 2.28. The fraction of sp³-hybridized carbons (Fsp3) is 0.471. The van der Waals surface area contributed by atoms with E-state index in [1.165, 1.54) is 16.1 Å². The highest BCUT2D eigenvalue weighted by atomic mass is 32.1. The summed E-state index contributed by atoms with van der Waals surface area (Å²) in [4.78, 5) is 8.73. The van der Waals surface area contributed by atoms with Crippen molar-refractivity contribution in [2.24, 2.45) is 0 Å². The van der Waals surface area contributed by atoms with Crippen LogP contribution < -0.4 is 5.32 Å². The topological polar surface area (TPSA) is 28.2 Å². The lowest BCUT2D eigenvalue weighted by molar-refractivity contribution is 0.259. The van der Waals surface area contributed by atoms with Crippen molar-refractivity contribution in [1.82, 2.24) is 9.88 Å². The molecule has 3 rings (SSSR count). The molecule has 1 aliphatic heterocycles. The van der Waals surface area contributed by atoms with Gasteiger partial charge in [-0.15, -0.1) is 11.3 Å². The SMILES string of the molecule is CCCNc1nc2c(s1)CN(CCc1ccccc1)CC2. The molecule has 1 N–H and O–H groups in total. The molecule has 21 heavy (non-hydrogen) atoms. The minimum atomic E-state index is 1.02. The number of hydrogen-bond acceptors (Lipinski definition) is 4. The zero-order valence-electron chi connectivity index (χ0n) is 12.6. The van der Waals surface area contributed by atoms with E-state index in [1.54, 1.807) is 0 Å². The van der Waals surface area contributed by atoms with Gasteiger partial charge in [-0.2, -0.15) is 0 Å². The van der Waals surface area contributed by atoms with Crippen LogP contribution in [-0.2, 0) is 19.4 Å². The maximum absolute atomic E-state index is 4.72. The molecule has 0 unspecified atom stereocenters. The Hall–Kier alpha value is -1.39. The molecule has 0 amide bonds. The molecule has 1 aromatic carbocycles. The van der Waals surface area contributed by atoms with Gasteiger partial charge < -0.3 is 5.32 Å². The predicted octanol–water partition coefficient (Wildman–Crippen LogP) is 3.57. The highest BCUT2D eigenvalue weighted by Gasteiger charge is 2.20. The van der Waals surface area contributed by atoms with E-state index in [0.717, 1.165) is 50.6 Å². The summed E-state index contributed by atoms with van der Waals surface area (Å²) in [7, 11) is 0. The standard InChI is InChI=1S/C17H23N3S/c1-2-10-18-17-19-15-9-12-20(13-16(15)21-17)11-8-14-6-4-3-5-7-14/h3-7H,2,8-13H2,1H3,(H,18,19). The normalized spacial score (nSPS) is 14.9. The van der Waals surface area contributed by atoms with Crippen LogP contribution in [0.3, 0.4) is 0 Å². The second-order valence-electron chi connectivity index (χ2n) is 5.58. The number of hydrogen-bond donors (Lipinski definition) is 1. The van der Waals surface area contributed by atoms with Gasteiger partial charge in [-0.25, -0.2) is 4.98 Å². The van der Waals surface area contributed by atoms with Crippen LogP contribution in [0.4, 0.5) is 5.13 Å². The van der Waals surface area contributed by atoms with E-state index in [9.17, 15) is 0 Å². The molecule has 3 nitrogen and oxygen atoms in total. The monoisotopic (exact) mass is 301 g/mol. The lowest BCUT2D eigenvalue weighted by Gasteiger charge is -2.25. The Bertz CT molecular complexity index is 565. The minimum absolute atomic E-state index is 1.02. The molecule has 4 heteroatoms. The van der Waals surface area contributed by atoms with Gasteiger partial charge in [-0.05, 0) is 18.4 Å². The van der Waals surface area contributed by atoms with Crippen LogP contribution in [0.5, 0.6) is 0 Å². The summed E-state index contributed by atoms with van der Waals surface area (Å²) >= 11 is 1.84. The van der Waals surface area contributed by atoms with Gasteiger partial charge in [0, 0.05) is 37.5 Å². The second-order valence-corrected chi connectivity index (χ2v) is 6.66. The summed E-state index contributed by atoms with van der Waals surface area (Å²) in [6.45, 7) is 6.54. The number of anilines is 1. The molecule has 0 bridgehead atoms. The fourth-order valence-corrected chi connectivity index (χ4v) is 3.75. The van der Waals surface area contributed by atoms with E-state index < -0.39 is 0 Å². The van der Waals surface area contributed by atoms with Crippen LogP contribution in [0.25, 0.3) is 0 Å². The van der Waals surface area contributed by atoms with Crippen molar-refractivity contribution in [3.05, 3.63) is 46.5 Å². The molecular weight excluding hydrogens is 278 g/mol. The van der Waals surface area contributed by atoms with Gasteiger partial charge in [-0.1, -0.05) is 37.3 Å². The van der Waals surface area contributed by atoms with Crippen molar-refractivity contribution in [3.8, 4) is 0 Å². The third-order valence-electron chi connectivity index (χ3n) is 3.90. The Kier molecular flexibility index (Phi) is 4.88. The van der Waals surface area contributed by atoms with E-state index in [4.69, 9.17) is 4.98 Å². The number of benzene rings is 1. The average Bonchev–Trinajstić information content (AvgIpc) is 2.94. The number of rotatable bonds is 6. The van der Waals surface area contributed by atoms with Crippen LogP contribution in [-0.4, -0.2) is 29.5 Å². The fourth-order valence-electron chi connectivity index (χ4n) is 2.68. The van der Waals surface area contributed by atoms with E-state index in [1.807, 2.05) is 11.3 Å². The Morgan fingerprint density at radius 2 is 2.14 bits per heavy atom. The van der Waals surface area contributed by atoms with Gasteiger partial charge in [0.05, 0.1) is 5.69 Å². The summed E-state index contributed by atoms with van der Waals surface area (Å²) in [6.07, 6.45) is 3.37. The molecule has 112 valence electrons. The zero-order valence-corrected chi connectivity index (χ0v) is 13.5. The lowest BCUT2D eigenvalue weighted by atomic mass is 10.1. The first-order valence-electron chi connectivity index (χ1n) is 7.84. The van der Waals surface area contributed by atoms with Crippen LogP contribution in [0, 0.1) is 0 Å². The van der Waals surface area contributed by atoms with E-state index in [2.05, 4.69) is 47.5 Å². The Morgan fingerprint density at radius 1 is 1.29 bits per heavy atom. The summed E-state index contributed by atoms with van der Waals surface area (Å²) in [5.74, 6) is 0. The second kappa shape index (κ2) is 7.05. The van der Waals surface area contributed by atoms with Crippen molar-refractivity contribution in [1.29, 1.82) is 0 Å². The summed E-state index contributed by atoms with van der Waals surface area (Å²) in [6, 6.07) is 10.8. The molecule has 1 aromatic heterocycles. The molecule has 2 aromatic rings. The van der Waals surface area contributed by atoms with Crippen molar-refractivity contribution < 1.29 is 0 Å². The maximum Gasteiger partial charge on any atom is 0.183 e. The number of aromatic nitrogens is 1. The molecule has 1 aliphatic rings. The Labute approximate surface area is 131 Å². The summed E-state index contributed by atoms with van der Waals surface area (Å²) in [5, 5.41) is 4.52. The minimum Gasteiger partial charge on any atom is -0.362 e. The third-order valence-corrected chi connectivity index (χ3v) is 4.94. The van der Waals surface area contributed by atoms with Gasteiger partial charge in [0.15, 0.2) is 5.13 Å². The summed E-state index contributed by atoms with van der Waals surface area (Å²) in [5.41, 5.74) is 2.74. The van der Waals surface area contributed by atoms with Crippen molar-refractivity contribution in [2.45, 2.75) is 32.7 Å². The molecular formula is C17H23N3S. The van der Waals surface area contributed by atoms with E-state index >= 15 is 0 Å². The quantitative estimate of drug-likeness (QED) is 0.884. The lowest BCUT2D eigenvalue weighted by Crippen LogP contribution is -2.31. The van der Waals surface area contributed by atoms with E-state index in [-0.39, 0.29) is 0 Å². The van der Waals surface area contributed by atoms with Gasteiger partial charge in [0.2, 0.25) is 0 Å². The highest BCUT2D eigenvalue weighted by molar-refractivity contribution is 7.15. The molecule has 0 aliphatic carbocycles.